The minimum Gasteiger partial charge on any atom is -0.382 e. The van der Waals surface area contributed by atoms with E-state index in [0.29, 0.717) is 16.8 Å². The molecular weight excluding hydrogens is 314 g/mol. The van der Waals surface area contributed by atoms with Gasteiger partial charge in [-0.05, 0) is 34.8 Å². The summed E-state index contributed by atoms with van der Waals surface area (Å²) in [6, 6.07) is 1.86. The molecule has 1 fully saturated rings. The number of hydrogen-bond acceptors (Lipinski definition) is 2. The molecule has 2 N–H and O–H groups in total. The summed E-state index contributed by atoms with van der Waals surface area (Å²) in [6.07, 6.45) is 8.19. The number of aromatic nitrogens is 2. The number of nitrogens with zero attached hydrogens (tertiary/aromatic N) is 2. The molecule has 2 heterocycles. The Kier molecular flexibility index (Phi) is 3.24. The molecule has 96 valence electrons. The summed E-state index contributed by atoms with van der Waals surface area (Å²) in [6.45, 7) is 0. The molecule has 1 aliphatic carbocycles. The third-order valence-electron chi connectivity index (χ3n) is 3.70. The largest absolute Gasteiger partial charge is 0.382 e. The fourth-order valence-corrected chi connectivity index (χ4v) is 3.75. The molecular formula is C13H15BrClN3. The van der Waals surface area contributed by atoms with Gasteiger partial charge in [0.15, 0.2) is 5.65 Å². The van der Waals surface area contributed by atoms with Crippen LogP contribution < -0.4 is 5.73 Å². The van der Waals surface area contributed by atoms with Gasteiger partial charge in [-0.2, -0.15) is 0 Å². The number of halogens is 2. The molecule has 1 saturated carbocycles. The first-order chi connectivity index (χ1) is 8.66. The average molecular weight is 329 g/mol. The van der Waals surface area contributed by atoms with E-state index < -0.39 is 0 Å². The van der Waals surface area contributed by atoms with Gasteiger partial charge in [-0.3, -0.25) is 4.40 Å². The van der Waals surface area contributed by atoms with E-state index in [2.05, 4.69) is 25.3 Å². The van der Waals surface area contributed by atoms with Crippen molar-refractivity contribution in [3.8, 4) is 0 Å². The molecule has 0 aliphatic heterocycles. The number of hydrogen-bond donors (Lipinski definition) is 1. The molecule has 0 saturated heterocycles. The Morgan fingerprint density at radius 2 is 2.06 bits per heavy atom. The summed E-state index contributed by atoms with van der Waals surface area (Å²) in [5, 5.41) is 0.698. The van der Waals surface area contributed by atoms with Crippen molar-refractivity contribution < 1.29 is 0 Å². The predicted octanol–water partition coefficient (Wildman–Crippen LogP) is 4.38. The summed E-state index contributed by atoms with van der Waals surface area (Å²) in [4.78, 5) is 4.46. The van der Waals surface area contributed by atoms with Gasteiger partial charge in [-0.1, -0.05) is 30.9 Å². The monoisotopic (exact) mass is 327 g/mol. The quantitative estimate of drug-likeness (QED) is 0.844. The zero-order chi connectivity index (χ0) is 12.7. The number of nitrogen functional groups attached to an aromatic ring is 1. The highest BCUT2D eigenvalue weighted by molar-refractivity contribution is 9.10. The molecule has 18 heavy (non-hydrogen) atoms. The molecule has 3 nitrogen and oxygen atoms in total. The van der Waals surface area contributed by atoms with Crippen LogP contribution in [0.2, 0.25) is 5.02 Å². The molecule has 0 spiro atoms. The molecule has 0 aromatic carbocycles. The first-order valence-electron chi connectivity index (χ1n) is 6.29. The predicted molar refractivity (Wildman–Crippen MR) is 78.1 cm³/mol. The molecule has 0 amide bonds. The minimum absolute atomic E-state index is 0.513. The lowest BCUT2D eigenvalue weighted by Crippen LogP contribution is -2.09. The van der Waals surface area contributed by atoms with E-state index >= 15 is 0 Å². The van der Waals surface area contributed by atoms with Gasteiger partial charge < -0.3 is 5.73 Å². The zero-order valence-corrected chi connectivity index (χ0v) is 12.3. The molecule has 0 unspecified atom stereocenters. The van der Waals surface area contributed by atoms with Crippen molar-refractivity contribution in [3.63, 3.8) is 0 Å². The molecule has 0 bridgehead atoms. The van der Waals surface area contributed by atoms with Crippen LogP contribution in [0.25, 0.3) is 5.65 Å². The number of pyridine rings is 1. The fourth-order valence-electron chi connectivity index (χ4n) is 2.89. The van der Waals surface area contributed by atoms with Crippen LogP contribution in [0.3, 0.4) is 0 Å². The molecule has 3 rings (SSSR count). The summed E-state index contributed by atoms with van der Waals surface area (Å²) >= 11 is 9.62. The lowest BCUT2D eigenvalue weighted by Gasteiger charge is -2.21. The summed E-state index contributed by atoms with van der Waals surface area (Å²) in [5.41, 5.74) is 8.10. The van der Waals surface area contributed by atoms with Crippen LogP contribution in [0.5, 0.6) is 0 Å². The lowest BCUT2D eigenvalue weighted by atomic mass is 9.87. The Morgan fingerprint density at radius 1 is 1.33 bits per heavy atom. The van der Waals surface area contributed by atoms with E-state index in [1.807, 2.05) is 12.3 Å². The fraction of sp³-hybridized carbons (Fsp3) is 0.462. The number of fused-ring (bicyclic) bond motifs is 1. The maximum atomic E-state index is 6.12. The van der Waals surface area contributed by atoms with Crippen molar-refractivity contribution in [3.05, 3.63) is 27.5 Å². The van der Waals surface area contributed by atoms with Gasteiger partial charge in [0.25, 0.3) is 0 Å². The Balaban J connectivity index is 2.18. The Morgan fingerprint density at radius 3 is 2.78 bits per heavy atom. The van der Waals surface area contributed by atoms with Gasteiger partial charge in [0, 0.05) is 12.1 Å². The smallest absolute Gasteiger partial charge is 0.153 e. The summed E-state index contributed by atoms with van der Waals surface area (Å²) in [5.74, 6) is 1.16. The first-order valence-corrected chi connectivity index (χ1v) is 7.46. The Bertz CT molecular complexity index is 587. The molecule has 2 aromatic heterocycles. The Hall–Kier alpha value is -0.740. The normalized spacial score (nSPS) is 17.4. The lowest BCUT2D eigenvalue weighted by molar-refractivity contribution is 0.436. The van der Waals surface area contributed by atoms with Gasteiger partial charge in [-0.25, -0.2) is 4.98 Å². The SMILES string of the molecule is Nc1nc2c(Br)cc(Cl)cn2c1C1CCCCC1. The van der Waals surface area contributed by atoms with Crippen molar-refractivity contribution in [2.75, 3.05) is 5.73 Å². The highest BCUT2D eigenvalue weighted by Gasteiger charge is 2.23. The van der Waals surface area contributed by atoms with Gasteiger partial charge in [0.05, 0.1) is 15.2 Å². The molecule has 2 aromatic rings. The van der Waals surface area contributed by atoms with Gasteiger partial charge >= 0.3 is 0 Å². The second kappa shape index (κ2) is 4.74. The topological polar surface area (TPSA) is 43.3 Å². The Labute approximate surface area is 119 Å². The highest BCUT2D eigenvalue weighted by atomic mass is 79.9. The third kappa shape index (κ3) is 2.01. The van der Waals surface area contributed by atoms with E-state index in [1.54, 1.807) is 0 Å². The third-order valence-corrected chi connectivity index (χ3v) is 4.49. The minimum atomic E-state index is 0.513. The second-order valence-electron chi connectivity index (χ2n) is 4.92. The van der Waals surface area contributed by atoms with Gasteiger partial charge in [-0.15, -0.1) is 0 Å². The molecule has 0 atom stereocenters. The average Bonchev–Trinajstić information content (AvgIpc) is 2.67. The van der Waals surface area contributed by atoms with Crippen LogP contribution in [0.15, 0.2) is 16.7 Å². The second-order valence-corrected chi connectivity index (χ2v) is 6.21. The van der Waals surface area contributed by atoms with Crippen LogP contribution in [-0.4, -0.2) is 9.38 Å². The van der Waals surface area contributed by atoms with E-state index in [9.17, 15) is 0 Å². The van der Waals surface area contributed by atoms with E-state index in [-0.39, 0.29) is 0 Å². The van der Waals surface area contributed by atoms with Crippen molar-refractivity contribution >= 4 is 39.0 Å². The first kappa shape index (κ1) is 12.3. The molecule has 1 aliphatic rings. The zero-order valence-electron chi connectivity index (χ0n) is 10.00. The van der Waals surface area contributed by atoms with Crippen LogP contribution in [0.1, 0.15) is 43.7 Å². The standard InChI is InChI=1S/C13H15BrClN3/c14-10-6-9(15)7-18-11(12(16)17-13(10)18)8-4-2-1-3-5-8/h6-8H,1-5,16H2. The van der Waals surface area contributed by atoms with Crippen molar-refractivity contribution in [2.45, 2.75) is 38.0 Å². The van der Waals surface area contributed by atoms with Crippen LogP contribution >= 0.6 is 27.5 Å². The maximum Gasteiger partial charge on any atom is 0.153 e. The maximum absolute atomic E-state index is 6.12. The number of nitrogens with two attached hydrogens (primary N) is 1. The van der Waals surface area contributed by atoms with Crippen molar-refractivity contribution in [1.82, 2.24) is 9.38 Å². The van der Waals surface area contributed by atoms with Crippen molar-refractivity contribution in [1.29, 1.82) is 0 Å². The molecule has 0 radical (unpaired) electrons. The summed E-state index contributed by atoms with van der Waals surface area (Å²) in [7, 11) is 0. The van der Waals surface area contributed by atoms with Crippen LogP contribution in [0.4, 0.5) is 5.82 Å². The molecule has 5 heteroatoms. The number of imidazole rings is 1. The van der Waals surface area contributed by atoms with E-state index in [4.69, 9.17) is 17.3 Å². The van der Waals surface area contributed by atoms with Crippen LogP contribution in [-0.2, 0) is 0 Å². The van der Waals surface area contributed by atoms with E-state index in [1.165, 1.54) is 32.1 Å². The van der Waals surface area contributed by atoms with Gasteiger partial charge in [0.1, 0.15) is 5.82 Å². The number of anilines is 1. The van der Waals surface area contributed by atoms with Gasteiger partial charge in [0.2, 0.25) is 0 Å². The highest BCUT2D eigenvalue weighted by Crippen LogP contribution is 2.37. The summed E-state index contributed by atoms with van der Waals surface area (Å²) < 4.78 is 2.95. The number of rotatable bonds is 1. The van der Waals surface area contributed by atoms with Crippen molar-refractivity contribution in [2.24, 2.45) is 0 Å². The van der Waals surface area contributed by atoms with Crippen LogP contribution in [0, 0.1) is 0 Å². The van der Waals surface area contributed by atoms with E-state index in [0.717, 1.165) is 15.8 Å².